The highest BCUT2D eigenvalue weighted by Gasteiger charge is 2.13. The average Bonchev–Trinajstić information content (AvgIpc) is 2.79. The van der Waals surface area contributed by atoms with E-state index in [1.165, 1.54) is 17.1 Å². The molecule has 7 heteroatoms. The summed E-state index contributed by atoms with van der Waals surface area (Å²) in [6.07, 6.45) is 6.22. The molecule has 0 radical (unpaired) electrons. The average molecular weight is 412 g/mol. The molecule has 0 bridgehead atoms. The van der Waals surface area contributed by atoms with Crippen LogP contribution in [0.4, 0.5) is 10.2 Å². The van der Waals surface area contributed by atoms with Crippen molar-refractivity contribution in [3.63, 3.8) is 0 Å². The highest BCUT2D eigenvalue weighted by molar-refractivity contribution is 5.64. The first-order chi connectivity index (χ1) is 15.0. The Kier molecular flexibility index (Phi) is 5.66. The third-order valence-electron chi connectivity index (χ3n) is 4.88. The number of aromatic nitrogens is 4. The van der Waals surface area contributed by atoms with Crippen LogP contribution in [0.3, 0.4) is 0 Å². The van der Waals surface area contributed by atoms with Crippen LogP contribution in [0.1, 0.15) is 11.3 Å². The van der Waals surface area contributed by atoms with E-state index in [1.807, 2.05) is 43.3 Å². The molecule has 0 amide bonds. The third kappa shape index (κ3) is 4.40. The minimum absolute atomic E-state index is 0.124. The fourth-order valence-electron chi connectivity index (χ4n) is 3.23. The molecule has 0 atom stereocenters. The monoisotopic (exact) mass is 412 g/mol. The smallest absolute Gasteiger partial charge is 0.191 e. The maximum Gasteiger partial charge on any atom is 0.191 e. The van der Waals surface area contributed by atoms with Crippen LogP contribution in [-0.2, 0) is 6.54 Å². The molecule has 0 aliphatic rings. The van der Waals surface area contributed by atoms with Crippen LogP contribution in [0.25, 0.3) is 28.6 Å². The molecule has 0 aliphatic heterocycles. The Morgan fingerprint density at radius 3 is 2.55 bits per heavy atom. The Morgan fingerprint density at radius 2 is 1.81 bits per heavy atom. The van der Waals surface area contributed by atoms with Gasteiger partial charge in [-0.25, -0.2) is 14.4 Å². The molecule has 1 aromatic carbocycles. The zero-order chi connectivity index (χ0) is 21.8. The summed E-state index contributed by atoms with van der Waals surface area (Å²) in [5, 5.41) is 10.9. The Bertz CT molecular complexity index is 1290. The number of halogens is 1. The molecule has 6 nitrogen and oxygen atoms in total. The molecule has 31 heavy (non-hydrogen) atoms. The molecule has 3 heterocycles. The standard InChI is InChI=1S/C24H21FN6/c1-3-31-14-20(8-9-21(31)26)23-22(25)24(30-15-29-23)28-13-17-4-6-18(7-5-17)19-10-11-27-16(2)12-19/h3-12,14-15,26H,1,13H2,2H3,(H,28,29,30). The second kappa shape index (κ2) is 8.71. The molecule has 3 aromatic heterocycles. The summed E-state index contributed by atoms with van der Waals surface area (Å²) in [6, 6.07) is 15.3. The first kappa shape index (κ1) is 20.2. The van der Waals surface area contributed by atoms with Crippen molar-refractivity contribution in [2.45, 2.75) is 13.5 Å². The lowest BCUT2D eigenvalue weighted by Crippen LogP contribution is -2.13. The highest BCUT2D eigenvalue weighted by atomic mass is 19.1. The molecule has 4 aromatic rings. The number of aryl methyl sites for hydroxylation is 1. The van der Waals surface area contributed by atoms with E-state index in [-0.39, 0.29) is 17.0 Å². The number of nitrogens with zero attached hydrogens (tertiary/aromatic N) is 4. The van der Waals surface area contributed by atoms with Gasteiger partial charge in [-0.2, -0.15) is 0 Å². The van der Waals surface area contributed by atoms with Gasteiger partial charge in [-0.3, -0.25) is 10.4 Å². The summed E-state index contributed by atoms with van der Waals surface area (Å²) in [5.74, 6) is -0.418. The number of hydrogen-bond acceptors (Lipinski definition) is 5. The predicted octanol–water partition coefficient (Wildman–Crippen LogP) is 4.65. The zero-order valence-electron chi connectivity index (χ0n) is 17.0. The van der Waals surface area contributed by atoms with Gasteiger partial charge >= 0.3 is 0 Å². The quantitative estimate of drug-likeness (QED) is 0.483. The fourth-order valence-corrected chi connectivity index (χ4v) is 3.23. The SMILES string of the molecule is C=Cn1cc(-c2ncnc(NCc3ccc(-c4ccnc(C)c4)cc3)c2F)ccc1=N. The lowest BCUT2D eigenvalue weighted by atomic mass is 10.0. The summed E-state index contributed by atoms with van der Waals surface area (Å²) in [7, 11) is 0. The molecule has 0 saturated carbocycles. The summed E-state index contributed by atoms with van der Waals surface area (Å²) in [6.45, 7) is 6.04. The van der Waals surface area contributed by atoms with E-state index in [0.29, 0.717) is 12.1 Å². The third-order valence-corrected chi connectivity index (χ3v) is 4.88. The van der Waals surface area contributed by atoms with Gasteiger partial charge in [0.25, 0.3) is 0 Å². The van der Waals surface area contributed by atoms with Crippen molar-refractivity contribution in [2.75, 3.05) is 5.32 Å². The van der Waals surface area contributed by atoms with Crippen molar-refractivity contribution >= 4 is 12.0 Å². The lowest BCUT2D eigenvalue weighted by Gasteiger charge is -2.11. The van der Waals surface area contributed by atoms with Gasteiger partial charge in [-0.1, -0.05) is 30.8 Å². The number of nitrogens with one attached hydrogen (secondary N) is 2. The van der Waals surface area contributed by atoms with Crippen molar-refractivity contribution in [2.24, 2.45) is 0 Å². The molecule has 0 spiro atoms. The van der Waals surface area contributed by atoms with Crippen molar-refractivity contribution in [1.29, 1.82) is 5.41 Å². The van der Waals surface area contributed by atoms with E-state index >= 15 is 4.39 Å². The topological polar surface area (TPSA) is 79.5 Å². The largest absolute Gasteiger partial charge is 0.363 e. The Balaban J connectivity index is 1.52. The minimum Gasteiger partial charge on any atom is -0.363 e. The lowest BCUT2D eigenvalue weighted by molar-refractivity contribution is 0.620. The first-order valence-corrected chi connectivity index (χ1v) is 9.71. The molecule has 0 fully saturated rings. The molecule has 154 valence electrons. The molecule has 2 N–H and O–H groups in total. The molecule has 0 aliphatic carbocycles. The van der Waals surface area contributed by atoms with Crippen LogP contribution in [-0.4, -0.2) is 19.5 Å². The Morgan fingerprint density at radius 1 is 1.03 bits per heavy atom. The van der Waals surface area contributed by atoms with Gasteiger partial charge in [0.05, 0.1) is 0 Å². The predicted molar refractivity (Wildman–Crippen MR) is 119 cm³/mol. The normalized spacial score (nSPS) is 10.6. The van der Waals surface area contributed by atoms with Gasteiger partial charge in [0.15, 0.2) is 11.6 Å². The number of rotatable bonds is 6. The van der Waals surface area contributed by atoms with Gasteiger partial charge in [-0.05, 0) is 47.9 Å². The number of benzene rings is 1. The van der Waals surface area contributed by atoms with Gasteiger partial charge in [-0.15, -0.1) is 0 Å². The van der Waals surface area contributed by atoms with Crippen LogP contribution in [0, 0.1) is 18.2 Å². The van der Waals surface area contributed by atoms with Crippen molar-refractivity contribution in [1.82, 2.24) is 19.5 Å². The van der Waals surface area contributed by atoms with Gasteiger partial charge in [0, 0.05) is 36.4 Å². The fraction of sp³-hybridized carbons (Fsp3) is 0.0833. The van der Waals surface area contributed by atoms with Crippen LogP contribution in [0.2, 0.25) is 0 Å². The maximum atomic E-state index is 15.0. The molecule has 0 unspecified atom stereocenters. The zero-order valence-corrected chi connectivity index (χ0v) is 17.0. The van der Waals surface area contributed by atoms with E-state index < -0.39 is 5.82 Å². The van der Waals surface area contributed by atoms with Gasteiger partial charge < -0.3 is 9.88 Å². The number of anilines is 1. The summed E-state index contributed by atoms with van der Waals surface area (Å²) in [5.41, 5.74) is 5.11. The first-order valence-electron chi connectivity index (χ1n) is 9.71. The number of pyridine rings is 2. The van der Waals surface area contributed by atoms with E-state index in [1.54, 1.807) is 24.5 Å². The van der Waals surface area contributed by atoms with Gasteiger partial charge in [0.2, 0.25) is 0 Å². The summed E-state index contributed by atoms with van der Waals surface area (Å²) in [4.78, 5) is 12.4. The van der Waals surface area contributed by atoms with Crippen molar-refractivity contribution in [3.8, 4) is 22.4 Å². The van der Waals surface area contributed by atoms with E-state index in [9.17, 15) is 0 Å². The van der Waals surface area contributed by atoms with Crippen molar-refractivity contribution in [3.05, 3.63) is 96.4 Å². The van der Waals surface area contributed by atoms with Crippen LogP contribution >= 0.6 is 0 Å². The second-order valence-corrected chi connectivity index (χ2v) is 7.01. The van der Waals surface area contributed by atoms with E-state index in [2.05, 4.69) is 26.8 Å². The maximum absolute atomic E-state index is 15.0. The van der Waals surface area contributed by atoms with Crippen LogP contribution < -0.4 is 10.8 Å². The highest BCUT2D eigenvalue weighted by Crippen LogP contribution is 2.24. The van der Waals surface area contributed by atoms with Gasteiger partial charge in [0.1, 0.15) is 17.5 Å². The molecule has 0 saturated heterocycles. The van der Waals surface area contributed by atoms with Crippen LogP contribution in [0.5, 0.6) is 0 Å². The van der Waals surface area contributed by atoms with E-state index in [0.717, 1.165) is 22.4 Å². The molecule has 4 rings (SSSR count). The molecular weight excluding hydrogens is 391 g/mol. The Labute approximate surface area is 179 Å². The second-order valence-electron chi connectivity index (χ2n) is 7.01. The molecular formula is C24H21FN6. The van der Waals surface area contributed by atoms with E-state index in [4.69, 9.17) is 5.41 Å². The Hall–Kier alpha value is -4.13. The minimum atomic E-state index is -0.542. The van der Waals surface area contributed by atoms with Crippen LogP contribution in [0.15, 0.2) is 73.8 Å². The summed E-state index contributed by atoms with van der Waals surface area (Å²) < 4.78 is 16.5. The summed E-state index contributed by atoms with van der Waals surface area (Å²) >= 11 is 0. The number of hydrogen-bond donors (Lipinski definition) is 2. The van der Waals surface area contributed by atoms with Crippen molar-refractivity contribution < 1.29 is 4.39 Å².